The fourth-order valence-electron chi connectivity index (χ4n) is 2.10. The number of benzene rings is 1. The summed E-state index contributed by atoms with van der Waals surface area (Å²) in [5.74, 6) is -0.247. The molecule has 0 radical (unpaired) electrons. The first kappa shape index (κ1) is 17.5. The van der Waals surface area contributed by atoms with Crippen LogP contribution in [0.25, 0.3) is 5.69 Å². The minimum Gasteiger partial charge on any atom is -0.322 e. The molecule has 1 aliphatic carbocycles. The molecule has 0 atom stereocenters. The fourth-order valence-corrected chi connectivity index (χ4v) is 2.96. The van der Waals surface area contributed by atoms with Crippen LogP contribution >= 0.6 is 12.4 Å². The van der Waals surface area contributed by atoms with Crippen molar-refractivity contribution in [2.24, 2.45) is 5.73 Å². The minimum absolute atomic E-state index is 0. The van der Waals surface area contributed by atoms with E-state index < -0.39 is 15.4 Å². The molecule has 3 N–H and O–H groups in total. The number of sulfone groups is 1. The van der Waals surface area contributed by atoms with Crippen LogP contribution in [0.3, 0.4) is 0 Å². The Balaban J connectivity index is 0.00000192. The average molecular weight is 357 g/mol. The molecule has 1 saturated carbocycles. The molecule has 0 aliphatic heterocycles. The summed E-state index contributed by atoms with van der Waals surface area (Å²) in [5.41, 5.74) is 5.95. The van der Waals surface area contributed by atoms with Gasteiger partial charge in [-0.15, -0.1) is 12.4 Å². The van der Waals surface area contributed by atoms with E-state index in [9.17, 15) is 13.2 Å². The van der Waals surface area contributed by atoms with Crippen molar-refractivity contribution in [2.75, 3.05) is 11.6 Å². The fraction of sp³-hybridized carbons (Fsp3) is 0.286. The van der Waals surface area contributed by atoms with Gasteiger partial charge < -0.3 is 11.1 Å². The number of para-hydroxylation sites is 1. The van der Waals surface area contributed by atoms with Gasteiger partial charge in [0.15, 0.2) is 9.84 Å². The Labute approximate surface area is 140 Å². The number of nitrogens with one attached hydrogen (secondary N) is 1. The molecule has 3 rings (SSSR count). The molecule has 124 valence electrons. The van der Waals surface area contributed by atoms with Gasteiger partial charge in [-0.3, -0.25) is 4.79 Å². The molecule has 9 heteroatoms. The molecule has 1 fully saturated rings. The second-order valence-electron chi connectivity index (χ2n) is 5.52. The lowest BCUT2D eigenvalue weighted by atomic mass is 10.3. The van der Waals surface area contributed by atoms with Crippen LogP contribution in [0, 0.1) is 0 Å². The van der Waals surface area contributed by atoms with Crippen LogP contribution < -0.4 is 11.1 Å². The first-order valence-electron chi connectivity index (χ1n) is 6.74. The van der Waals surface area contributed by atoms with E-state index in [1.807, 2.05) is 0 Å². The SMILES string of the molecule is CS(=O)(=O)c1ccccc1-n1cc(NC(=O)C2(N)CC2)cn1.Cl. The quantitative estimate of drug-likeness (QED) is 0.853. The third kappa shape index (κ3) is 3.54. The van der Waals surface area contributed by atoms with Crippen LogP contribution in [0.1, 0.15) is 12.8 Å². The maximum atomic E-state index is 11.9. The number of nitrogens with zero attached hydrogens (tertiary/aromatic N) is 2. The second kappa shape index (κ2) is 5.95. The second-order valence-corrected chi connectivity index (χ2v) is 7.51. The summed E-state index contributed by atoms with van der Waals surface area (Å²) in [6.07, 6.45) is 5.51. The monoisotopic (exact) mass is 356 g/mol. The van der Waals surface area contributed by atoms with Crippen molar-refractivity contribution in [3.05, 3.63) is 36.7 Å². The zero-order valence-electron chi connectivity index (χ0n) is 12.4. The molecular formula is C14H17ClN4O3S. The number of anilines is 1. The van der Waals surface area contributed by atoms with Crippen molar-refractivity contribution in [3.8, 4) is 5.69 Å². The van der Waals surface area contributed by atoms with E-state index in [-0.39, 0.29) is 23.2 Å². The molecule has 0 saturated heterocycles. The van der Waals surface area contributed by atoms with Crippen molar-refractivity contribution in [2.45, 2.75) is 23.3 Å². The molecule has 1 amide bonds. The largest absolute Gasteiger partial charge is 0.322 e. The predicted octanol–water partition coefficient (Wildman–Crippen LogP) is 1.13. The van der Waals surface area contributed by atoms with Crippen LogP contribution in [0.15, 0.2) is 41.6 Å². The van der Waals surface area contributed by atoms with E-state index in [2.05, 4.69) is 10.4 Å². The molecule has 1 aliphatic rings. The first-order chi connectivity index (χ1) is 10.3. The Kier molecular flexibility index (Phi) is 4.52. The van der Waals surface area contributed by atoms with Crippen LogP contribution in [0.5, 0.6) is 0 Å². The Morgan fingerprint density at radius 1 is 1.35 bits per heavy atom. The highest BCUT2D eigenvalue weighted by Crippen LogP contribution is 2.33. The summed E-state index contributed by atoms with van der Waals surface area (Å²) in [4.78, 5) is 12.1. The maximum Gasteiger partial charge on any atom is 0.244 e. The summed E-state index contributed by atoms with van der Waals surface area (Å²) in [5, 5.41) is 6.81. The number of aromatic nitrogens is 2. The van der Waals surface area contributed by atoms with E-state index >= 15 is 0 Å². The molecule has 0 bridgehead atoms. The van der Waals surface area contributed by atoms with Crippen LogP contribution in [0.2, 0.25) is 0 Å². The maximum absolute atomic E-state index is 11.9. The topological polar surface area (TPSA) is 107 Å². The summed E-state index contributed by atoms with van der Waals surface area (Å²) in [6, 6.07) is 6.55. The molecule has 0 spiro atoms. The Morgan fingerprint density at radius 3 is 2.61 bits per heavy atom. The smallest absolute Gasteiger partial charge is 0.244 e. The van der Waals surface area contributed by atoms with Crippen molar-refractivity contribution >= 4 is 33.8 Å². The summed E-state index contributed by atoms with van der Waals surface area (Å²) >= 11 is 0. The lowest BCUT2D eigenvalue weighted by molar-refractivity contribution is -0.118. The Hall–Kier alpha value is -1.90. The van der Waals surface area contributed by atoms with Gasteiger partial charge >= 0.3 is 0 Å². The zero-order chi connectivity index (χ0) is 16.0. The highest BCUT2D eigenvalue weighted by atomic mass is 35.5. The van der Waals surface area contributed by atoms with Gasteiger partial charge in [-0.1, -0.05) is 12.1 Å². The molecular weight excluding hydrogens is 340 g/mol. The summed E-state index contributed by atoms with van der Waals surface area (Å²) in [6.45, 7) is 0. The van der Waals surface area contributed by atoms with Crippen LogP contribution in [-0.4, -0.2) is 35.9 Å². The van der Waals surface area contributed by atoms with Gasteiger partial charge in [0.25, 0.3) is 0 Å². The van der Waals surface area contributed by atoms with Gasteiger partial charge in [-0.2, -0.15) is 5.10 Å². The number of halogens is 1. The Bertz CT molecular complexity index is 843. The van der Waals surface area contributed by atoms with E-state index in [1.165, 1.54) is 16.9 Å². The number of amides is 1. The molecule has 23 heavy (non-hydrogen) atoms. The molecule has 0 unspecified atom stereocenters. The van der Waals surface area contributed by atoms with Gasteiger partial charge in [-0.25, -0.2) is 13.1 Å². The van der Waals surface area contributed by atoms with Crippen molar-refractivity contribution in [1.82, 2.24) is 9.78 Å². The predicted molar refractivity (Wildman–Crippen MR) is 88.7 cm³/mol. The number of nitrogens with two attached hydrogens (primary N) is 1. The van der Waals surface area contributed by atoms with Crippen LogP contribution in [0.4, 0.5) is 5.69 Å². The normalized spacial score (nSPS) is 15.6. The molecule has 1 aromatic carbocycles. The van der Waals surface area contributed by atoms with Gasteiger partial charge in [0.2, 0.25) is 5.91 Å². The minimum atomic E-state index is -3.38. The number of hydrogen-bond acceptors (Lipinski definition) is 5. The van der Waals surface area contributed by atoms with Gasteiger partial charge in [-0.05, 0) is 25.0 Å². The number of carbonyl (C=O) groups is 1. The van der Waals surface area contributed by atoms with Gasteiger partial charge in [0.05, 0.1) is 34.2 Å². The number of rotatable bonds is 4. The van der Waals surface area contributed by atoms with Crippen molar-refractivity contribution in [3.63, 3.8) is 0 Å². The lowest BCUT2D eigenvalue weighted by Crippen LogP contribution is -2.37. The number of carbonyl (C=O) groups excluding carboxylic acids is 1. The average Bonchev–Trinajstić information content (AvgIpc) is 3.05. The third-order valence-corrected chi connectivity index (χ3v) is 4.74. The first-order valence-corrected chi connectivity index (χ1v) is 8.63. The van der Waals surface area contributed by atoms with Crippen LogP contribution in [-0.2, 0) is 14.6 Å². The third-order valence-electron chi connectivity index (χ3n) is 3.59. The standard InChI is InChI=1S/C14H16N4O3S.ClH/c1-22(20,21)12-5-3-2-4-11(12)18-9-10(8-16-18)17-13(19)14(15)6-7-14;/h2-5,8-9H,6-7,15H2,1H3,(H,17,19);1H. The molecule has 2 aromatic rings. The van der Waals surface area contributed by atoms with E-state index in [4.69, 9.17) is 5.73 Å². The Morgan fingerprint density at radius 2 is 2.00 bits per heavy atom. The molecule has 1 aromatic heterocycles. The lowest BCUT2D eigenvalue weighted by Gasteiger charge is -2.08. The number of hydrogen-bond donors (Lipinski definition) is 2. The highest BCUT2D eigenvalue weighted by Gasteiger charge is 2.46. The summed E-state index contributed by atoms with van der Waals surface area (Å²) in [7, 11) is -3.38. The van der Waals surface area contributed by atoms with E-state index in [1.54, 1.807) is 24.4 Å². The van der Waals surface area contributed by atoms with E-state index in [0.29, 0.717) is 24.2 Å². The zero-order valence-corrected chi connectivity index (χ0v) is 14.0. The van der Waals surface area contributed by atoms with Crippen molar-refractivity contribution in [1.29, 1.82) is 0 Å². The highest BCUT2D eigenvalue weighted by molar-refractivity contribution is 7.90. The molecule has 1 heterocycles. The van der Waals surface area contributed by atoms with Crippen molar-refractivity contribution < 1.29 is 13.2 Å². The molecule has 7 nitrogen and oxygen atoms in total. The van der Waals surface area contributed by atoms with Gasteiger partial charge in [0, 0.05) is 6.26 Å². The van der Waals surface area contributed by atoms with E-state index in [0.717, 1.165) is 6.26 Å². The van der Waals surface area contributed by atoms with Gasteiger partial charge in [0.1, 0.15) is 0 Å². The summed E-state index contributed by atoms with van der Waals surface area (Å²) < 4.78 is 25.1.